The van der Waals surface area contributed by atoms with Crippen LogP contribution in [0.25, 0.3) is 0 Å². The van der Waals surface area contributed by atoms with Crippen molar-refractivity contribution >= 4 is 33.6 Å². The molecule has 0 heterocycles. The fourth-order valence-corrected chi connectivity index (χ4v) is 14.3. The van der Waals surface area contributed by atoms with Crippen molar-refractivity contribution < 1.29 is 75.8 Å². The predicted octanol–water partition coefficient (Wildman–Crippen LogP) is 29.8. The van der Waals surface area contributed by atoms with Gasteiger partial charge in [-0.3, -0.25) is 32.5 Å². The zero-order valence-corrected chi connectivity index (χ0v) is 77.9. The Morgan fingerprint density at radius 2 is 0.413 bits per heavy atom. The molecule has 0 radical (unpaired) electrons. The van der Waals surface area contributed by atoms with Crippen LogP contribution < -0.4 is 0 Å². The van der Waals surface area contributed by atoms with E-state index in [-0.39, 0.29) is 19.3 Å². The third-order valence-electron chi connectivity index (χ3n) is 19.8. The zero-order valence-electron chi connectivity index (χ0n) is 76.1. The van der Waals surface area contributed by atoms with Crippen LogP contribution in [0.15, 0.2) is 194 Å². The number of hydrogen-bond donors (Lipinski definition) is 4. The number of unbranched alkanes of at least 4 members (excludes halogenated alkanes) is 34. The number of ether oxygens (including phenoxy) is 3. The van der Waals surface area contributed by atoms with Crippen molar-refractivity contribution in [3.8, 4) is 0 Å². The minimum absolute atomic E-state index is 0.0756. The number of aliphatic hydroxyl groups excluding tert-OH is 2. The minimum Gasteiger partial charge on any atom is -0.463 e. The standard InChI is InChI=1S/C103H172O16P2/c1-4-7-10-13-16-19-22-25-28-31-34-37-39-41-43-45-46-47-48-49-50-52-54-55-57-60-62-65-68-71-74-77-80-83-86-89-101(106)113-92-98(104)93-115-120(109,110)116-94-99(105)95-117-121(111,112)118-97-100(119-103(108)91-88-85-82-79-76-73-70-67-64-59-36-33-30-27-24-21-18-15-12-9-6-3)96-114-102(107)90-87-84-81-78-75-72-69-66-63-61-58-56-53-51-44-42-40-38-35-32-29-26-23-20-17-14-11-8-5-2/h7-12,16-21,25-30,34-38,41-44,53,56,59,67,70,98-100,104-105H,4-6,13-15,22-24,31-33,39-40,45-52,54-55,57-58,60-66,68-69,71-97H2,1-3H3,(H,109,110)(H,111,112)/b10-7-,11-8-,12-9-,19-16-,20-17-,21-18-,28-25-,29-26-,30-27-,37-34-,38-35-,43-41-,44-42-,56-53-,59-36-,70-67-. The van der Waals surface area contributed by atoms with E-state index in [0.717, 1.165) is 186 Å². The van der Waals surface area contributed by atoms with Gasteiger partial charge in [-0.25, -0.2) is 9.13 Å². The molecule has 0 aromatic heterocycles. The Bertz CT molecular complexity index is 2980. The Kier molecular flexibility index (Phi) is 89.2. The van der Waals surface area contributed by atoms with Gasteiger partial charge >= 0.3 is 33.6 Å². The molecule has 5 atom stereocenters. The van der Waals surface area contributed by atoms with Crippen molar-refractivity contribution in [1.29, 1.82) is 0 Å². The van der Waals surface area contributed by atoms with E-state index in [1.165, 1.54) is 135 Å². The molecule has 5 unspecified atom stereocenters. The van der Waals surface area contributed by atoms with Gasteiger partial charge in [-0.05, 0) is 161 Å². The fraction of sp³-hybridized carbons (Fsp3) is 0.660. The number of phosphoric ester groups is 2. The van der Waals surface area contributed by atoms with Gasteiger partial charge in [0.25, 0.3) is 0 Å². The first-order valence-corrected chi connectivity index (χ1v) is 50.7. The van der Waals surface area contributed by atoms with Gasteiger partial charge in [0.1, 0.15) is 25.4 Å². The molecule has 0 aliphatic heterocycles. The first-order valence-electron chi connectivity index (χ1n) is 47.7. The molecule has 0 saturated carbocycles. The average Bonchev–Trinajstić information content (AvgIpc) is 0.913. The van der Waals surface area contributed by atoms with E-state index in [1.807, 2.05) is 0 Å². The van der Waals surface area contributed by atoms with Crippen molar-refractivity contribution in [2.45, 2.75) is 399 Å². The Morgan fingerprint density at radius 1 is 0.231 bits per heavy atom. The van der Waals surface area contributed by atoms with Crippen molar-refractivity contribution in [2.24, 2.45) is 0 Å². The smallest absolute Gasteiger partial charge is 0.463 e. The van der Waals surface area contributed by atoms with E-state index < -0.39 is 91.5 Å². The second kappa shape index (κ2) is 93.5. The van der Waals surface area contributed by atoms with Gasteiger partial charge in [0.15, 0.2) is 6.10 Å². The third-order valence-corrected chi connectivity index (χ3v) is 21.7. The molecule has 0 aromatic carbocycles. The van der Waals surface area contributed by atoms with Gasteiger partial charge in [0.2, 0.25) is 0 Å². The Labute approximate surface area is 737 Å². The Hall–Kier alpha value is -5.61. The second-order valence-electron chi connectivity index (χ2n) is 31.4. The summed E-state index contributed by atoms with van der Waals surface area (Å²) in [5.74, 6) is -1.60. The second-order valence-corrected chi connectivity index (χ2v) is 34.3. The topological polar surface area (TPSA) is 231 Å². The maximum absolute atomic E-state index is 13.1. The van der Waals surface area contributed by atoms with Crippen LogP contribution in [0.2, 0.25) is 0 Å². The van der Waals surface area contributed by atoms with Crippen molar-refractivity contribution in [2.75, 3.05) is 39.6 Å². The van der Waals surface area contributed by atoms with Gasteiger partial charge in [0, 0.05) is 19.3 Å². The molecule has 4 N–H and O–H groups in total. The molecule has 0 bridgehead atoms. The molecule has 0 aliphatic carbocycles. The molecular weight excluding hydrogens is 1560 g/mol. The van der Waals surface area contributed by atoms with Crippen molar-refractivity contribution in [3.05, 3.63) is 194 Å². The van der Waals surface area contributed by atoms with E-state index in [2.05, 4.69) is 215 Å². The molecule has 16 nitrogen and oxygen atoms in total. The normalized spacial score (nSPS) is 14.6. The van der Waals surface area contributed by atoms with Gasteiger partial charge < -0.3 is 34.2 Å². The summed E-state index contributed by atoms with van der Waals surface area (Å²) < 4.78 is 61.5. The zero-order chi connectivity index (χ0) is 87.9. The van der Waals surface area contributed by atoms with Crippen LogP contribution in [-0.4, -0.2) is 95.9 Å². The number of carbonyl (C=O) groups is 3. The maximum Gasteiger partial charge on any atom is 0.472 e. The average molecular weight is 1730 g/mol. The molecular formula is C103H172O16P2. The quantitative estimate of drug-likeness (QED) is 0.0146. The van der Waals surface area contributed by atoms with E-state index in [1.54, 1.807) is 0 Å². The summed E-state index contributed by atoms with van der Waals surface area (Å²) in [7, 11) is -9.83. The summed E-state index contributed by atoms with van der Waals surface area (Å²) >= 11 is 0. The first-order chi connectivity index (χ1) is 59.2. The number of carbonyl (C=O) groups excluding carboxylic acids is 3. The minimum atomic E-state index is -4.95. The number of rotatable bonds is 89. The van der Waals surface area contributed by atoms with Crippen LogP contribution in [0.1, 0.15) is 380 Å². The molecule has 0 spiro atoms. The van der Waals surface area contributed by atoms with Crippen LogP contribution in [0.4, 0.5) is 0 Å². The Morgan fingerprint density at radius 3 is 0.653 bits per heavy atom. The number of phosphoric acid groups is 2. The van der Waals surface area contributed by atoms with Crippen LogP contribution >= 0.6 is 15.6 Å². The van der Waals surface area contributed by atoms with Crippen LogP contribution in [0.3, 0.4) is 0 Å². The van der Waals surface area contributed by atoms with Crippen LogP contribution in [0, 0.1) is 0 Å². The fourth-order valence-electron chi connectivity index (χ4n) is 12.7. The molecule has 0 aliphatic rings. The molecule has 0 saturated heterocycles. The van der Waals surface area contributed by atoms with E-state index >= 15 is 0 Å². The third kappa shape index (κ3) is 94.9. The highest BCUT2D eigenvalue weighted by Crippen LogP contribution is 2.45. The number of aliphatic hydroxyl groups is 2. The highest BCUT2D eigenvalue weighted by molar-refractivity contribution is 7.47. The highest BCUT2D eigenvalue weighted by atomic mass is 31.2. The van der Waals surface area contributed by atoms with E-state index in [9.17, 15) is 43.5 Å². The largest absolute Gasteiger partial charge is 0.472 e. The van der Waals surface area contributed by atoms with Crippen LogP contribution in [0.5, 0.6) is 0 Å². The Balaban J connectivity index is 4.56. The molecule has 0 amide bonds. The highest BCUT2D eigenvalue weighted by Gasteiger charge is 2.30. The van der Waals surface area contributed by atoms with Crippen LogP contribution in [-0.2, 0) is 55.8 Å². The summed E-state index contributed by atoms with van der Waals surface area (Å²) in [6.07, 6.45) is 125. The summed E-state index contributed by atoms with van der Waals surface area (Å²) in [6, 6.07) is 0. The number of hydrogen-bond acceptors (Lipinski definition) is 14. The molecule has 0 aromatic rings. The van der Waals surface area contributed by atoms with Crippen molar-refractivity contribution in [3.63, 3.8) is 0 Å². The molecule has 0 fully saturated rings. The predicted molar refractivity (Wildman–Crippen MR) is 509 cm³/mol. The lowest BCUT2D eigenvalue weighted by molar-refractivity contribution is -0.161. The van der Waals surface area contributed by atoms with E-state index in [0.29, 0.717) is 19.3 Å². The van der Waals surface area contributed by atoms with Gasteiger partial charge in [-0.2, -0.15) is 0 Å². The molecule has 690 valence electrons. The lowest BCUT2D eigenvalue weighted by atomic mass is 10.0. The van der Waals surface area contributed by atoms with Gasteiger partial charge in [-0.15, -0.1) is 0 Å². The van der Waals surface area contributed by atoms with Crippen molar-refractivity contribution in [1.82, 2.24) is 0 Å². The van der Waals surface area contributed by atoms with Gasteiger partial charge in [0.05, 0.1) is 26.4 Å². The molecule has 18 heteroatoms. The number of allylic oxidation sites excluding steroid dienone is 32. The van der Waals surface area contributed by atoms with E-state index in [4.69, 9.17) is 32.3 Å². The summed E-state index contributed by atoms with van der Waals surface area (Å²) in [4.78, 5) is 59.1. The molecule has 121 heavy (non-hydrogen) atoms. The summed E-state index contributed by atoms with van der Waals surface area (Å²) in [5.41, 5.74) is 0. The lowest BCUT2D eigenvalue weighted by Gasteiger charge is -2.21. The lowest BCUT2D eigenvalue weighted by Crippen LogP contribution is -2.30. The monoisotopic (exact) mass is 1730 g/mol. The van der Waals surface area contributed by atoms with Gasteiger partial charge in [-0.1, -0.05) is 395 Å². The summed E-state index contributed by atoms with van der Waals surface area (Å²) in [6.45, 7) is 2.35. The SMILES string of the molecule is CC/C=C\C/C=C\C/C=C\C/C=C\C/C=C\C/C=C\CCCCCCCCCCCCC(=O)OCC(COP(=O)(O)OCC(O)COP(=O)(O)OCC(O)COC(=O)CCCCCCCCCCCCCCCCCCCCC/C=C\C/C=C\C/C=C\C/C=C\C/C=C\CC)OC(=O)CCCCCCC/C=C\C/C=C\C/C=C\C/C=C\C/C=C\CC. The maximum atomic E-state index is 13.1. The summed E-state index contributed by atoms with van der Waals surface area (Å²) in [5, 5.41) is 20.8. The number of esters is 3. The first kappa shape index (κ1) is 115. The molecule has 0 rings (SSSR count).